The first-order valence-electron chi connectivity index (χ1n) is 8.20. The fourth-order valence-corrected chi connectivity index (χ4v) is 4.97. The minimum absolute atomic E-state index is 0.0205. The predicted molar refractivity (Wildman–Crippen MR) is 99.4 cm³/mol. The maximum atomic E-state index is 12.8. The number of halogens is 1. The summed E-state index contributed by atoms with van der Waals surface area (Å²) in [5.41, 5.74) is 6.05. The number of amides is 1. The van der Waals surface area contributed by atoms with Gasteiger partial charge < -0.3 is 15.4 Å². The van der Waals surface area contributed by atoms with Crippen molar-refractivity contribution < 1.29 is 9.53 Å². The summed E-state index contributed by atoms with van der Waals surface area (Å²) in [6, 6.07) is 8.09. The van der Waals surface area contributed by atoms with Crippen LogP contribution in [0.1, 0.15) is 24.1 Å². The number of carbonyl (C=O) groups excluding carboxylic acids is 1. The fraction of sp³-hybridized carbons (Fsp3) is 0.500. The molecule has 1 aromatic carbocycles. The Morgan fingerprint density at radius 1 is 1.42 bits per heavy atom. The molecule has 1 heterocycles. The van der Waals surface area contributed by atoms with E-state index < -0.39 is 0 Å². The quantitative estimate of drug-likeness (QED) is 0.898. The molecule has 1 aliphatic rings. The highest BCUT2D eigenvalue weighted by molar-refractivity contribution is 7.19. The molecule has 130 valence electrons. The summed E-state index contributed by atoms with van der Waals surface area (Å²) >= 11 is 8.14. The topological polar surface area (TPSA) is 55.6 Å². The van der Waals surface area contributed by atoms with Crippen LogP contribution >= 0.6 is 22.9 Å². The van der Waals surface area contributed by atoms with E-state index in [-0.39, 0.29) is 24.0 Å². The second kappa shape index (κ2) is 7.40. The fourth-order valence-electron chi connectivity index (χ4n) is 3.42. The van der Waals surface area contributed by atoms with Crippen LogP contribution in [0.25, 0.3) is 10.1 Å². The van der Waals surface area contributed by atoms with Gasteiger partial charge in [-0.15, -0.1) is 11.3 Å². The monoisotopic (exact) mass is 366 g/mol. The third-order valence-electron chi connectivity index (χ3n) is 4.85. The minimum atomic E-state index is -0.0333. The molecular formula is C18H23ClN2O2S. The van der Waals surface area contributed by atoms with E-state index in [1.54, 1.807) is 23.3 Å². The van der Waals surface area contributed by atoms with E-state index in [4.69, 9.17) is 22.1 Å². The van der Waals surface area contributed by atoms with Crippen molar-refractivity contribution in [3.05, 3.63) is 34.2 Å². The summed E-state index contributed by atoms with van der Waals surface area (Å²) in [6.07, 6.45) is 2.31. The van der Waals surface area contributed by atoms with Crippen molar-refractivity contribution in [2.75, 3.05) is 14.2 Å². The van der Waals surface area contributed by atoms with Gasteiger partial charge in [0.25, 0.3) is 0 Å². The summed E-state index contributed by atoms with van der Waals surface area (Å²) < 4.78 is 6.58. The molecule has 2 aromatic rings. The molecule has 0 radical (unpaired) electrons. The molecule has 0 aliphatic heterocycles. The smallest absolute Gasteiger partial charge is 0.225 e. The van der Waals surface area contributed by atoms with E-state index in [9.17, 15) is 4.79 Å². The summed E-state index contributed by atoms with van der Waals surface area (Å²) in [6.45, 7) is 0.539. The Balaban J connectivity index is 1.70. The molecule has 3 rings (SSSR count). The molecule has 0 saturated heterocycles. The summed E-state index contributed by atoms with van der Waals surface area (Å²) in [5, 5.41) is 1.82. The molecule has 1 aliphatic carbocycles. The zero-order valence-electron chi connectivity index (χ0n) is 14.0. The Hall–Kier alpha value is -1.14. The number of carbonyl (C=O) groups is 1. The zero-order chi connectivity index (χ0) is 17.3. The van der Waals surface area contributed by atoms with Gasteiger partial charge in [-0.2, -0.15) is 0 Å². The molecule has 0 spiro atoms. The van der Waals surface area contributed by atoms with Crippen molar-refractivity contribution >= 4 is 38.9 Å². The lowest BCUT2D eigenvalue weighted by Gasteiger charge is -2.34. The molecule has 0 unspecified atom stereocenters. The van der Waals surface area contributed by atoms with Gasteiger partial charge in [0.1, 0.15) is 0 Å². The molecular weight excluding hydrogens is 344 g/mol. The van der Waals surface area contributed by atoms with E-state index >= 15 is 0 Å². The molecule has 1 amide bonds. The van der Waals surface area contributed by atoms with E-state index in [1.165, 1.54) is 0 Å². The van der Waals surface area contributed by atoms with E-state index in [0.29, 0.717) is 13.0 Å². The number of ether oxygens (including phenoxy) is 1. The van der Waals surface area contributed by atoms with Crippen LogP contribution in [-0.2, 0) is 16.1 Å². The summed E-state index contributed by atoms with van der Waals surface area (Å²) in [5.74, 6) is 0.130. The SMILES string of the molecule is CO[C@@H]1C[C@@H](C(=O)N(C)Cc2sc3ccccc3c2Cl)CC[C@H]1N. The molecule has 0 bridgehead atoms. The number of rotatable bonds is 4. The van der Waals surface area contributed by atoms with Crippen molar-refractivity contribution in [3.63, 3.8) is 0 Å². The number of thiophene rings is 1. The van der Waals surface area contributed by atoms with E-state index in [2.05, 4.69) is 6.07 Å². The van der Waals surface area contributed by atoms with Gasteiger partial charge in [0.15, 0.2) is 0 Å². The number of nitrogens with two attached hydrogens (primary N) is 1. The third kappa shape index (κ3) is 3.45. The van der Waals surface area contributed by atoms with Gasteiger partial charge in [0, 0.05) is 41.1 Å². The van der Waals surface area contributed by atoms with Crippen LogP contribution < -0.4 is 5.73 Å². The largest absolute Gasteiger partial charge is 0.380 e. The first kappa shape index (κ1) is 17.7. The molecule has 4 nitrogen and oxygen atoms in total. The van der Waals surface area contributed by atoms with Crippen molar-refractivity contribution in [3.8, 4) is 0 Å². The van der Waals surface area contributed by atoms with Gasteiger partial charge in [-0.1, -0.05) is 29.8 Å². The van der Waals surface area contributed by atoms with Crippen LogP contribution in [-0.4, -0.2) is 37.1 Å². The average molecular weight is 367 g/mol. The molecule has 6 heteroatoms. The van der Waals surface area contributed by atoms with Gasteiger partial charge >= 0.3 is 0 Å². The summed E-state index contributed by atoms with van der Waals surface area (Å²) in [4.78, 5) is 15.6. The second-order valence-corrected chi connectivity index (χ2v) is 7.99. The maximum Gasteiger partial charge on any atom is 0.225 e. The standard InChI is InChI=1S/C18H23ClN2O2S/c1-21(18(22)11-7-8-13(20)14(9-11)23-2)10-16-17(19)12-5-3-4-6-15(12)24-16/h3-6,11,13-14H,7-10,20H2,1-2H3/t11-,13+,14+/m0/s1. The number of fused-ring (bicyclic) bond motifs is 1. The number of hydrogen-bond donors (Lipinski definition) is 1. The van der Waals surface area contributed by atoms with Crippen LogP contribution in [0.3, 0.4) is 0 Å². The van der Waals surface area contributed by atoms with Crippen molar-refractivity contribution in [1.29, 1.82) is 0 Å². The lowest BCUT2D eigenvalue weighted by Crippen LogP contribution is -2.45. The maximum absolute atomic E-state index is 12.8. The van der Waals surface area contributed by atoms with Crippen LogP contribution in [0.15, 0.2) is 24.3 Å². The average Bonchev–Trinajstić information content (AvgIpc) is 2.91. The van der Waals surface area contributed by atoms with E-state index in [1.807, 2.05) is 25.2 Å². The Morgan fingerprint density at radius 2 is 2.17 bits per heavy atom. The summed E-state index contributed by atoms with van der Waals surface area (Å²) in [7, 11) is 3.51. The predicted octanol–water partition coefficient (Wildman–Crippen LogP) is 3.66. The zero-order valence-corrected chi connectivity index (χ0v) is 15.6. The number of benzene rings is 1. The molecule has 1 aromatic heterocycles. The molecule has 24 heavy (non-hydrogen) atoms. The Morgan fingerprint density at radius 3 is 2.88 bits per heavy atom. The van der Waals surface area contributed by atoms with Crippen LogP contribution in [0.2, 0.25) is 5.02 Å². The number of nitrogens with zero attached hydrogens (tertiary/aromatic N) is 1. The first-order valence-corrected chi connectivity index (χ1v) is 9.40. The lowest BCUT2D eigenvalue weighted by molar-refractivity contribution is -0.137. The van der Waals surface area contributed by atoms with Gasteiger partial charge in [-0.05, 0) is 25.3 Å². The van der Waals surface area contributed by atoms with E-state index in [0.717, 1.165) is 32.8 Å². The Kier molecular flexibility index (Phi) is 5.45. The molecule has 3 atom stereocenters. The molecule has 1 fully saturated rings. The van der Waals surface area contributed by atoms with Gasteiger partial charge in [0.2, 0.25) is 5.91 Å². The Bertz CT molecular complexity index is 733. The number of methoxy groups -OCH3 is 1. The van der Waals surface area contributed by atoms with Crippen LogP contribution in [0, 0.1) is 5.92 Å². The first-order chi connectivity index (χ1) is 11.5. The normalized spacial score (nSPS) is 24.2. The van der Waals surface area contributed by atoms with Crippen molar-refractivity contribution in [1.82, 2.24) is 4.90 Å². The van der Waals surface area contributed by atoms with Crippen LogP contribution in [0.4, 0.5) is 0 Å². The molecule has 2 N–H and O–H groups in total. The van der Waals surface area contributed by atoms with Crippen molar-refractivity contribution in [2.24, 2.45) is 11.7 Å². The second-order valence-electron chi connectivity index (χ2n) is 6.48. The Labute approximate surface area is 151 Å². The number of hydrogen-bond acceptors (Lipinski definition) is 4. The van der Waals surface area contributed by atoms with Gasteiger partial charge in [-0.3, -0.25) is 4.79 Å². The highest BCUT2D eigenvalue weighted by atomic mass is 35.5. The van der Waals surface area contributed by atoms with Gasteiger partial charge in [-0.25, -0.2) is 0 Å². The van der Waals surface area contributed by atoms with Gasteiger partial charge in [0.05, 0.1) is 17.7 Å². The van der Waals surface area contributed by atoms with Crippen molar-refractivity contribution in [2.45, 2.75) is 38.0 Å². The molecule has 1 saturated carbocycles. The highest BCUT2D eigenvalue weighted by Crippen LogP contribution is 2.36. The third-order valence-corrected chi connectivity index (χ3v) is 6.55. The lowest BCUT2D eigenvalue weighted by atomic mass is 9.83. The highest BCUT2D eigenvalue weighted by Gasteiger charge is 2.33. The van der Waals surface area contributed by atoms with Crippen LogP contribution in [0.5, 0.6) is 0 Å². The minimum Gasteiger partial charge on any atom is -0.380 e.